The van der Waals surface area contributed by atoms with Gasteiger partial charge in [0.2, 0.25) is 0 Å². The molecule has 0 aromatic heterocycles. The van der Waals surface area contributed by atoms with E-state index in [9.17, 15) is 13.6 Å². The molecule has 0 heterocycles. The summed E-state index contributed by atoms with van der Waals surface area (Å²) in [5, 5.41) is 8.97. The van der Waals surface area contributed by atoms with Gasteiger partial charge < -0.3 is 10.8 Å². The predicted octanol–water partition coefficient (Wildman–Crippen LogP) is 2.43. The van der Waals surface area contributed by atoms with Crippen molar-refractivity contribution in [2.24, 2.45) is 5.73 Å². The maximum Gasteiger partial charge on any atom is 0.304 e. The Bertz CT molecular complexity index is 469. The molecule has 0 saturated carbocycles. The molecule has 0 aliphatic heterocycles. The fraction of sp³-hybridized carbons (Fsp3) is 0.462. The molecule has 1 unspecified atom stereocenters. The molecular formula is C13H17F2NO2. The van der Waals surface area contributed by atoms with Gasteiger partial charge in [-0.05, 0) is 31.5 Å². The van der Waals surface area contributed by atoms with Crippen molar-refractivity contribution >= 4 is 5.97 Å². The summed E-state index contributed by atoms with van der Waals surface area (Å²) in [7, 11) is 0. The quantitative estimate of drug-likeness (QED) is 0.870. The molecule has 0 bridgehead atoms. The molecule has 3 N–H and O–H groups in total. The van der Waals surface area contributed by atoms with Crippen LogP contribution in [0.5, 0.6) is 0 Å². The minimum Gasteiger partial charge on any atom is -0.481 e. The monoisotopic (exact) mass is 257 g/mol. The number of hydrogen-bond donors (Lipinski definition) is 2. The van der Waals surface area contributed by atoms with Crippen LogP contribution in [-0.2, 0) is 10.2 Å². The number of carboxylic acid groups (broad SMARTS) is 1. The second-order valence-corrected chi connectivity index (χ2v) is 5.25. The summed E-state index contributed by atoms with van der Waals surface area (Å²) >= 11 is 0. The highest BCUT2D eigenvalue weighted by Gasteiger charge is 2.41. The van der Waals surface area contributed by atoms with Gasteiger partial charge in [0, 0.05) is 11.0 Å². The fourth-order valence-corrected chi connectivity index (χ4v) is 1.84. The first kappa shape index (κ1) is 14.6. The van der Waals surface area contributed by atoms with E-state index in [1.54, 1.807) is 20.8 Å². The molecule has 1 aromatic rings. The van der Waals surface area contributed by atoms with Crippen molar-refractivity contribution in [2.45, 2.75) is 38.1 Å². The molecule has 1 atom stereocenters. The average Bonchev–Trinajstić information content (AvgIpc) is 2.19. The molecule has 0 fully saturated rings. The zero-order valence-electron chi connectivity index (χ0n) is 10.6. The Labute approximate surface area is 105 Å². The highest BCUT2D eigenvalue weighted by molar-refractivity contribution is 5.69. The average molecular weight is 257 g/mol. The summed E-state index contributed by atoms with van der Waals surface area (Å²) in [6, 6.07) is 3.36. The van der Waals surface area contributed by atoms with Gasteiger partial charge in [0.15, 0.2) is 11.6 Å². The van der Waals surface area contributed by atoms with Crippen LogP contribution in [0.25, 0.3) is 0 Å². The van der Waals surface area contributed by atoms with Crippen molar-refractivity contribution in [3.63, 3.8) is 0 Å². The molecule has 5 heteroatoms. The molecule has 1 rings (SSSR count). The van der Waals surface area contributed by atoms with E-state index in [1.807, 2.05) is 0 Å². The Kier molecular flexibility index (Phi) is 3.76. The molecular weight excluding hydrogens is 240 g/mol. The van der Waals surface area contributed by atoms with Crippen molar-refractivity contribution in [3.05, 3.63) is 35.4 Å². The lowest BCUT2D eigenvalue weighted by molar-refractivity contribution is -0.139. The third kappa shape index (κ3) is 2.67. The van der Waals surface area contributed by atoms with Crippen molar-refractivity contribution in [1.29, 1.82) is 0 Å². The SMILES string of the molecule is CC(C)(N)C(C)(CC(=O)O)c1ccc(F)c(F)c1. The first-order valence-electron chi connectivity index (χ1n) is 5.54. The van der Waals surface area contributed by atoms with E-state index in [-0.39, 0.29) is 6.42 Å². The van der Waals surface area contributed by atoms with Crippen molar-refractivity contribution in [3.8, 4) is 0 Å². The van der Waals surface area contributed by atoms with E-state index in [2.05, 4.69) is 0 Å². The van der Waals surface area contributed by atoms with Crippen molar-refractivity contribution in [2.75, 3.05) is 0 Å². The molecule has 0 saturated heterocycles. The van der Waals surface area contributed by atoms with Crippen molar-refractivity contribution < 1.29 is 18.7 Å². The molecule has 3 nitrogen and oxygen atoms in total. The fourth-order valence-electron chi connectivity index (χ4n) is 1.84. The van der Waals surface area contributed by atoms with Crippen LogP contribution in [0.15, 0.2) is 18.2 Å². The van der Waals surface area contributed by atoms with Gasteiger partial charge >= 0.3 is 5.97 Å². The predicted molar refractivity (Wildman–Crippen MR) is 64.2 cm³/mol. The van der Waals surface area contributed by atoms with Crippen LogP contribution in [0.4, 0.5) is 8.78 Å². The first-order valence-corrected chi connectivity index (χ1v) is 5.54. The molecule has 0 radical (unpaired) electrons. The topological polar surface area (TPSA) is 63.3 Å². The largest absolute Gasteiger partial charge is 0.481 e. The number of halogens is 2. The maximum absolute atomic E-state index is 13.3. The number of hydrogen-bond acceptors (Lipinski definition) is 2. The summed E-state index contributed by atoms with van der Waals surface area (Å²) in [6.07, 6.45) is -0.262. The van der Waals surface area contributed by atoms with Gasteiger partial charge in [0.25, 0.3) is 0 Å². The highest BCUT2D eigenvalue weighted by Crippen LogP contribution is 2.37. The molecule has 1 aromatic carbocycles. The zero-order valence-corrected chi connectivity index (χ0v) is 10.6. The summed E-state index contributed by atoms with van der Waals surface area (Å²) in [4.78, 5) is 11.0. The normalized spacial score (nSPS) is 15.2. The molecule has 18 heavy (non-hydrogen) atoms. The van der Waals surface area contributed by atoms with Crippen LogP contribution in [0.3, 0.4) is 0 Å². The minimum absolute atomic E-state index is 0.262. The lowest BCUT2D eigenvalue weighted by atomic mass is 9.66. The summed E-state index contributed by atoms with van der Waals surface area (Å²) in [5.41, 5.74) is 4.49. The van der Waals surface area contributed by atoms with E-state index in [4.69, 9.17) is 10.8 Å². The van der Waals surface area contributed by atoms with E-state index in [0.29, 0.717) is 5.56 Å². The maximum atomic E-state index is 13.3. The number of carbonyl (C=O) groups is 1. The Hall–Kier alpha value is -1.49. The van der Waals surface area contributed by atoms with E-state index >= 15 is 0 Å². The summed E-state index contributed by atoms with van der Waals surface area (Å²) in [5.74, 6) is -3.01. The highest BCUT2D eigenvalue weighted by atomic mass is 19.2. The second-order valence-electron chi connectivity index (χ2n) is 5.25. The van der Waals surface area contributed by atoms with Crippen LogP contribution in [0.2, 0.25) is 0 Å². The standard InChI is InChI=1S/C13H17F2NO2/c1-12(2,16)13(3,7-11(17)18)8-4-5-9(14)10(15)6-8/h4-6H,7,16H2,1-3H3,(H,17,18). The molecule has 0 spiro atoms. The summed E-state index contributed by atoms with van der Waals surface area (Å²) < 4.78 is 26.2. The van der Waals surface area contributed by atoms with Crippen LogP contribution in [0, 0.1) is 11.6 Å². The molecule has 0 aliphatic carbocycles. The Morgan fingerprint density at radius 2 is 1.83 bits per heavy atom. The van der Waals surface area contributed by atoms with Crippen LogP contribution in [0.1, 0.15) is 32.8 Å². The number of rotatable bonds is 4. The van der Waals surface area contributed by atoms with Gasteiger partial charge in [-0.2, -0.15) is 0 Å². The van der Waals surface area contributed by atoms with Gasteiger partial charge in [0.05, 0.1) is 6.42 Å². The molecule has 0 amide bonds. The smallest absolute Gasteiger partial charge is 0.304 e. The third-order valence-electron chi connectivity index (χ3n) is 3.48. The van der Waals surface area contributed by atoms with Crippen molar-refractivity contribution in [1.82, 2.24) is 0 Å². The lowest BCUT2D eigenvalue weighted by Gasteiger charge is -2.41. The second kappa shape index (κ2) is 4.65. The number of carboxylic acids is 1. The first-order chi connectivity index (χ1) is 8.08. The van der Waals surface area contributed by atoms with Gasteiger partial charge in [-0.25, -0.2) is 8.78 Å². The minimum atomic E-state index is -1.04. The Morgan fingerprint density at radius 1 is 1.28 bits per heavy atom. The van der Waals surface area contributed by atoms with E-state index in [1.165, 1.54) is 6.07 Å². The zero-order chi connectivity index (χ0) is 14.1. The van der Waals surface area contributed by atoms with Crippen LogP contribution < -0.4 is 5.73 Å². The third-order valence-corrected chi connectivity index (χ3v) is 3.48. The number of aliphatic carboxylic acids is 1. The Morgan fingerprint density at radius 3 is 2.22 bits per heavy atom. The molecule has 100 valence electrons. The van der Waals surface area contributed by atoms with Gasteiger partial charge in [0.1, 0.15) is 0 Å². The molecule has 0 aliphatic rings. The number of benzene rings is 1. The van der Waals surface area contributed by atoms with Gasteiger partial charge in [-0.1, -0.05) is 13.0 Å². The van der Waals surface area contributed by atoms with Gasteiger partial charge in [-0.15, -0.1) is 0 Å². The Balaban J connectivity index is 3.34. The number of nitrogens with two attached hydrogens (primary N) is 1. The van der Waals surface area contributed by atoms with E-state index in [0.717, 1.165) is 12.1 Å². The van der Waals surface area contributed by atoms with Crippen LogP contribution >= 0.6 is 0 Å². The van der Waals surface area contributed by atoms with Crippen LogP contribution in [-0.4, -0.2) is 16.6 Å². The van der Waals surface area contributed by atoms with Gasteiger partial charge in [-0.3, -0.25) is 4.79 Å². The summed E-state index contributed by atoms with van der Waals surface area (Å²) in [6.45, 7) is 4.96. The lowest BCUT2D eigenvalue weighted by Crippen LogP contribution is -2.53. The van der Waals surface area contributed by atoms with E-state index < -0.39 is 28.6 Å².